The molecule has 0 spiro atoms. The first kappa shape index (κ1) is 25.3. The molecule has 2 atom stereocenters. The molecule has 2 aliphatic heterocycles. The molecule has 0 radical (unpaired) electrons. The number of carboxylic acid groups (broad SMARTS) is 1. The molecule has 0 fully saturated rings. The number of aliphatic carboxylic acids is 1. The highest BCUT2D eigenvalue weighted by atomic mass is 35.5. The van der Waals surface area contributed by atoms with Gasteiger partial charge in [0.05, 0.1) is 17.4 Å². The Labute approximate surface area is 218 Å². The predicted molar refractivity (Wildman–Crippen MR) is 142 cm³/mol. The number of anilines is 1. The summed E-state index contributed by atoms with van der Waals surface area (Å²) in [5, 5.41) is 15.1. The van der Waals surface area contributed by atoms with Gasteiger partial charge in [0.25, 0.3) is 0 Å². The van der Waals surface area contributed by atoms with Gasteiger partial charge in [-0.05, 0) is 42.6 Å². The van der Waals surface area contributed by atoms with Crippen LogP contribution in [0.2, 0.25) is 10.0 Å². The first-order valence-corrected chi connectivity index (χ1v) is 12.7. The number of carbonyl (C=O) groups excluding carboxylic acids is 1. The highest BCUT2D eigenvalue weighted by Crippen LogP contribution is 2.39. The molecule has 0 bridgehead atoms. The number of halogens is 2. The number of hydrogen-bond donors (Lipinski definition) is 1. The van der Waals surface area contributed by atoms with Gasteiger partial charge in [-0.2, -0.15) is 5.10 Å². The van der Waals surface area contributed by atoms with E-state index in [9.17, 15) is 14.7 Å². The Balaban J connectivity index is 1.76. The Hall–Kier alpha value is -2.75. The van der Waals surface area contributed by atoms with E-state index in [0.29, 0.717) is 34.4 Å². The lowest BCUT2D eigenvalue weighted by Gasteiger charge is -2.32. The topological polar surface area (TPSA) is 88.8 Å². The van der Waals surface area contributed by atoms with E-state index >= 15 is 0 Å². The summed E-state index contributed by atoms with van der Waals surface area (Å²) in [6, 6.07) is 12.5. The molecular weight excluding hydrogens is 509 g/mol. The van der Waals surface area contributed by atoms with Crippen molar-refractivity contribution in [2.45, 2.75) is 31.5 Å². The van der Waals surface area contributed by atoms with Crippen molar-refractivity contribution in [3.05, 3.63) is 63.6 Å². The summed E-state index contributed by atoms with van der Waals surface area (Å²) in [5.41, 5.74) is 3.02. The summed E-state index contributed by atoms with van der Waals surface area (Å²) in [6.45, 7) is 0. The molecule has 11 heteroatoms. The summed E-state index contributed by atoms with van der Waals surface area (Å²) in [4.78, 5) is 32.2. The van der Waals surface area contributed by atoms with Crippen LogP contribution in [-0.2, 0) is 9.59 Å². The van der Waals surface area contributed by atoms with Crippen LogP contribution in [-0.4, -0.2) is 70.4 Å². The summed E-state index contributed by atoms with van der Waals surface area (Å²) < 4.78 is 1.81. The van der Waals surface area contributed by atoms with E-state index in [2.05, 4.69) is 5.10 Å². The van der Waals surface area contributed by atoms with E-state index in [1.807, 2.05) is 39.6 Å². The van der Waals surface area contributed by atoms with Crippen molar-refractivity contribution in [3.8, 4) is 0 Å². The van der Waals surface area contributed by atoms with Crippen LogP contribution in [0.3, 0.4) is 0 Å². The van der Waals surface area contributed by atoms with E-state index in [1.165, 1.54) is 11.9 Å². The maximum Gasteiger partial charge on any atom is 0.303 e. The summed E-state index contributed by atoms with van der Waals surface area (Å²) in [6.07, 6.45) is 1.94. The molecule has 1 N–H and O–H groups in total. The third-order valence-electron chi connectivity index (χ3n) is 5.75. The lowest BCUT2D eigenvalue weighted by molar-refractivity contribution is -0.137. The Morgan fingerprint density at radius 2 is 1.89 bits per heavy atom. The van der Waals surface area contributed by atoms with Crippen molar-refractivity contribution in [1.29, 1.82) is 0 Å². The van der Waals surface area contributed by atoms with Crippen molar-refractivity contribution in [2.75, 3.05) is 24.7 Å². The molecule has 184 valence electrons. The number of hydrogen-bond acceptors (Lipinski definition) is 7. The molecule has 0 saturated heterocycles. The molecule has 1 amide bonds. The second-order valence-corrected chi connectivity index (χ2v) is 10.2. The molecule has 0 aliphatic carbocycles. The van der Waals surface area contributed by atoms with Crippen LogP contribution in [0.1, 0.15) is 30.4 Å². The van der Waals surface area contributed by atoms with Gasteiger partial charge in [-0.1, -0.05) is 41.4 Å². The highest BCUT2D eigenvalue weighted by Gasteiger charge is 2.40. The average molecular weight is 534 g/mol. The first-order chi connectivity index (χ1) is 16.8. The number of nitrogens with zero attached hydrogens (tertiary/aromatic N) is 5. The molecule has 0 aromatic heterocycles. The van der Waals surface area contributed by atoms with Gasteiger partial charge < -0.3 is 14.9 Å². The van der Waals surface area contributed by atoms with Crippen molar-refractivity contribution in [1.82, 2.24) is 9.31 Å². The number of benzene rings is 2. The first-order valence-electron chi connectivity index (χ1n) is 11.1. The molecular formula is C24H25Cl2N5O3S. The van der Waals surface area contributed by atoms with Crippen molar-refractivity contribution in [3.63, 3.8) is 0 Å². The standard InChI is InChI=1S/C24H25Cl2N5O3S/c1-29(2)21(32)11-12-35-31-24-19(8-10-22(33)34)28-23(16-5-3-4-6-18(16)26)17-13-15(25)7-9-20(17)30(24)14-27-31/h3-7,9,13-14,19,24H,8,10-12H2,1-2H3,(H,33,34)/t19-,24-/m0/s1. The van der Waals surface area contributed by atoms with E-state index in [4.69, 9.17) is 28.2 Å². The SMILES string of the molecule is CN(C)C(=O)CCSN1N=CN2c3ccc(Cl)cc3C(c3ccccc3Cl)=N[C@@H](CCC(=O)O)[C@H]12. The van der Waals surface area contributed by atoms with Crippen LogP contribution >= 0.6 is 35.1 Å². The third kappa shape index (κ3) is 5.58. The van der Waals surface area contributed by atoms with E-state index < -0.39 is 12.0 Å². The lowest BCUT2D eigenvalue weighted by Crippen LogP contribution is -2.45. The molecule has 0 unspecified atom stereocenters. The minimum Gasteiger partial charge on any atom is -0.481 e. The monoisotopic (exact) mass is 533 g/mol. The van der Waals surface area contributed by atoms with Crippen molar-refractivity contribution in [2.24, 2.45) is 10.1 Å². The van der Waals surface area contributed by atoms with Crippen LogP contribution in [0.15, 0.2) is 52.6 Å². The number of hydrazone groups is 1. The zero-order chi connectivity index (χ0) is 25.1. The molecule has 35 heavy (non-hydrogen) atoms. The van der Waals surface area contributed by atoms with Gasteiger partial charge in [-0.3, -0.25) is 14.6 Å². The minimum absolute atomic E-state index is 0.0276. The maximum absolute atomic E-state index is 12.1. The number of aliphatic imine (C=N–C) groups is 1. The largest absolute Gasteiger partial charge is 0.481 e. The van der Waals surface area contributed by atoms with Gasteiger partial charge >= 0.3 is 5.97 Å². The number of amides is 1. The van der Waals surface area contributed by atoms with Crippen LogP contribution in [0.5, 0.6) is 0 Å². The number of fused-ring (bicyclic) bond motifs is 3. The van der Waals surface area contributed by atoms with E-state index in [-0.39, 0.29) is 18.5 Å². The van der Waals surface area contributed by atoms with Crippen LogP contribution in [0.25, 0.3) is 0 Å². The zero-order valence-corrected chi connectivity index (χ0v) is 21.6. The fourth-order valence-electron chi connectivity index (χ4n) is 4.02. The van der Waals surface area contributed by atoms with E-state index in [0.717, 1.165) is 16.8 Å². The van der Waals surface area contributed by atoms with Gasteiger partial charge in [0.2, 0.25) is 5.91 Å². The minimum atomic E-state index is -0.898. The average Bonchev–Trinajstić information content (AvgIpc) is 3.17. The quantitative estimate of drug-likeness (QED) is 0.499. The van der Waals surface area contributed by atoms with Crippen LogP contribution in [0, 0.1) is 0 Å². The fourth-order valence-corrected chi connectivity index (χ4v) is 5.38. The second kappa shape index (κ2) is 10.9. The Morgan fingerprint density at radius 1 is 1.11 bits per heavy atom. The predicted octanol–water partition coefficient (Wildman–Crippen LogP) is 4.60. The van der Waals surface area contributed by atoms with Gasteiger partial charge in [-0.15, -0.1) is 0 Å². The third-order valence-corrected chi connectivity index (χ3v) is 7.28. The summed E-state index contributed by atoms with van der Waals surface area (Å²) in [5.74, 6) is -0.343. The van der Waals surface area contributed by atoms with Gasteiger partial charge in [0.15, 0.2) is 6.17 Å². The lowest BCUT2D eigenvalue weighted by atomic mass is 10.00. The summed E-state index contributed by atoms with van der Waals surface area (Å²) in [7, 11) is 3.45. The maximum atomic E-state index is 12.1. The second-order valence-electron chi connectivity index (χ2n) is 8.34. The smallest absolute Gasteiger partial charge is 0.303 e. The molecule has 2 aromatic carbocycles. The fraction of sp³-hybridized carbons (Fsp3) is 0.333. The molecule has 2 aromatic rings. The number of rotatable bonds is 8. The molecule has 0 saturated carbocycles. The van der Waals surface area contributed by atoms with Crippen molar-refractivity contribution >= 4 is 64.8 Å². The number of carboxylic acids is 1. The molecule has 8 nitrogen and oxygen atoms in total. The molecule has 2 heterocycles. The van der Waals surface area contributed by atoms with Gasteiger partial charge in [-0.25, -0.2) is 4.41 Å². The van der Waals surface area contributed by atoms with Gasteiger partial charge in [0, 0.05) is 53.9 Å². The van der Waals surface area contributed by atoms with Crippen LogP contribution in [0.4, 0.5) is 5.69 Å². The van der Waals surface area contributed by atoms with Crippen LogP contribution < -0.4 is 4.90 Å². The normalized spacial score (nSPS) is 18.6. The van der Waals surface area contributed by atoms with Crippen molar-refractivity contribution < 1.29 is 14.7 Å². The highest BCUT2D eigenvalue weighted by molar-refractivity contribution is 7.97. The molecule has 4 rings (SSSR count). The number of carbonyl (C=O) groups is 2. The Kier molecular flexibility index (Phi) is 7.88. The summed E-state index contributed by atoms with van der Waals surface area (Å²) >= 11 is 14.4. The Morgan fingerprint density at radius 3 is 2.60 bits per heavy atom. The zero-order valence-electron chi connectivity index (χ0n) is 19.3. The van der Waals surface area contributed by atoms with Gasteiger partial charge in [0.1, 0.15) is 6.34 Å². The van der Waals surface area contributed by atoms with E-state index in [1.54, 1.807) is 37.5 Å². The molecule has 2 aliphatic rings. The Bertz CT molecular complexity index is 1190.